The largest absolute Gasteiger partial charge is 0.321 e. The number of nitro benzene ring substituents is 2. The predicted octanol–water partition coefficient (Wildman–Crippen LogP) is 3.70. The van der Waals surface area contributed by atoms with Gasteiger partial charge in [-0.1, -0.05) is 23.7 Å². The molecule has 0 saturated carbocycles. The molecule has 0 unspecified atom stereocenters. The second-order valence-electron chi connectivity index (χ2n) is 4.86. The highest BCUT2D eigenvalue weighted by atomic mass is 35.5. The van der Waals surface area contributed by atoms with Gasteiger partial charge >= 0.3 is 0 Å². The van der Waals surface area contributed by atoms with Crippen LogP contribution in [0.5, 0.6) is 0 Å². The Kier molecular flexibility index (Phi) is 5.62. The summed E-state index contributed by atoms with van der Waals surface area (Å²) in [6.45, 7) is 0. The monoisotopic (exact) mass is 372 g/mol. The molecule has 0 radical (unpaired) electrons. The first kappa shape index (κ1) is 18.6. The Balaban J connectivity index is 2.34. The third-order valence-corrected chi connectivity index (χ3v) is 3.52. The highest BCUT2D eigenvalue weighted by Crippen LogP contribution is 2.28. The van der Waals surface area contributed by atoms with Crippen molar-refractivity contribution >= 4 is 40.6 Å². The zero-order valence-electron chi connectivity index (χ0n) is 12.9. The van der Waals surface area contributed by atoms with Crippen molar-refractivity contribution in [2.75, 3.05) is 5.32 Å². The van der Waals surface area contributed by atoms with Crippen molar-refractivity contribution in [1.82, 2.24) is 0 Å². The van der Waals surface area contributed by atoms with Gasteiger partial charge in [0.1, 0.15) is 16.7 Å². The molecule has 2 aromatic carbocycles. The van der Waals surface area contributed by atoms with E-state index in [9.17, 15) is 30.3 Å². The second-order valence-corrected chi connectivity index (χ2v) is 5.27. The normalized spacial score (nSPS) is 10.7. The van der Waals surface area contributed by atoms with Crippen LogP contribution >= 0.6 is 11.6 Å². The van der Waals surface area contributed by atoms with E-state index in [0.29, 0.717) is 0 Å². The Hall–Kier alpha value is -3.77. The molecule has 0 fully saturated rings. The summed E-state index contributed by atoms with van der Waals surface area (Å²) in [5.74, 6) is -0.873. The number of nitro groups is 2. The number of nitrogens with one attached hydrogen (secondary N) is 1. The molecule has 0 spiro atoms. The quantitative estimate of drug-likeness (QED) is 0.367. The van der Waals surface area contributed by atoms with Gasteiger partial charge in [0.05, 0.1) is 15.4 Å². The van der Waals surface area contributed by atoms with Gasteiger partial charge in [0.25, 0.3) is 17.3 Å². The number of para-hydroxylation sites is 1. The van der Waals surface area contributed by atoms with E-state index in [4.69, 9.17) is 11.6 Å². The number of nitriles is 1. The number of hydrogen-bond donors (Lipinski definition) is 1. The summed E-state index contributed by atoms with van der Waals surface area (Å²) < 4.78 is 0. The van der Waals surface area contributed by atoms with Crippen LogP contribution in [0, 0.1) is 31.6 Å². The van der Waals surface area contributed by atoms with E-state index in [1.54, 1.807) is 6.07 Å². The lowest BCUT2D eigenvalue weighted by Crippen LogP contribution is -2.13. The van der Waals surface area contributed by atoms with Crippen LogP contribution in [0.3, 0.4) is 0 Å². The number of halogens is 1. The van der Waals surface area contributed by atoms with Crippen LogP contribution in [0.4, 0.5) is 17.1 Å². The maximum Gasteiger partial charge on any atom is 0.289 e. The van der Waals surface area contributed by atoms with Gasteiger partial charge in [-0.15, -0.1) is 0 Å². The number of nitrogens with zero attached hydrogens (tertiary/aromatic N) is 3. The predicted molar refractivity (Wildman–Crippen MR) is 93.4 cm³/mol. The van der Waals surface area contributed by atoms with Crippen LogP contribution in [-0.2, 0) is 4.79 Å². The van der Waals surface area contributed by atoms with E-state index in [-0.39, 0.29) is 22.0 Å². The van der Waals surface area contributed by atoms with Gasteiger partial charge in [0.2, 0.25) is 0 Å². The molecule has 0 bridgehead atoms. The Morgan fingerprint density at radius 2 is 1.77 bits per heavy atom. The maximum atomic E-state index is 12.2. The molecule has 2 rings (SSSR count). The summed E-state index contributed by atoms with van der Waals surface area (Å²) in [7, 11) is 0. The first-order valence-electron chi connectivity index (χ1n) is 6.94. The Labute approximate surface area is 151 Å². The molecule has 26 heavy (non-hydrogen) atoms. The minimum atomic E-state index is -0.873. The fourth-order valence-corrected chi connectivity index (χ4v) is 2.20. The molecule has 9 nitrogen and oxygen atoms in total. The molecule has 1 N–H and O–H groups in total. The Morgan fingerprint density at radius 1 is 1.12 bits per heavy atom. The molecule has 0 saturated heterocycles. The lowest BCUT2D eigenvalue weighted by Gasteiger charge is -2.05. The third kappa shape index (κ3) is 4.19. The minimum Gasteiger partial charge on any atom is -0.321 e. The molecule has 0 heterocycles. The van der Waals surface area contributed by atoms with Crippen molar-refractivity contribution in [3.05, 3.63) is 78.9 Å². The summed E-state index contributed by atoms with van der Waals surface area (Å²) in [6.07, 6.45) is 1.07. The molecule has 0 aliphatic carbocycles. The first-order valence-corrected chi connectivity index (χ1v) is 7.31. The van der Waals surface area contributed by atoms with Gasteiger partial charge < -0.3 is 5.32 Å². The molecule has 0 atom stereocenters. The SMILES string of the molecule is N#CC(=Cc1ccccc1[N+](=O)[O-])C(=O)Nc1ccc(Cl)c([N+](=O)[O-])c1. The van der Waals surface area contributed by atoms with E-state index in [1.807, 2.05) is 0 Å². The fourth-order valence-electron chi connectivity index (χ4n) is 2.01. The molecule has 130 valence electrons. The fraction of sp³-hybridized carbons (Fsp3) is 0. The van der Waals surface area contributed by atoms with Gasteiger partial charge in [-0.25, -0.2) is 0 Å². The van der Waals surface area contributed by atoms with Gasteiger partial charge in [-0.05, 0) is 24.3 Å². The molecule has 0 aromatic heterocycles. The average molecular weight is 373 g/mol. The highest BCUT2D eigenvalue weighted by Gasteiger charge is 2.17. The number of carbonyl (C=O) groups is 1. The number of amides is 1. The molecule has 2 aromatic rings. The van der Waals surface area contributed by atoms with Crippen LogP contribution in [0.15, 0.2) is 48.0 Å². The van der Waals surface area contributed by atoms with Crippen molar-refractivity contribution in [2.24, 2.45) is 0 Å². The van der Waals surface area contributed by atoms with E-state index >= 15 is 0 Å². The molecular weight excluding hydrogens is 364 g/mol. The van der Waals surface area contributed by atoms with E-state index < -0.39 is 27.0 Å². The summed E-state index contributed by atoms with van der Waals surface area (Å²) >= 11 is 5.69. The third-order valence-electron chi connectivity index (χ3n) is 3.20. The molecule has 0 aliphatic rings. The van der Waals surface area contributed by atoms with Crippen molar-refractivity contribution in [1.29, 1.82) is 5.26 Å². The summed E-state index contributed by atoms with van der Waals surface area (Å²) in [5, 5.41) is 33.3. The summed E-state index contributed by atoms with van der Waals surface area (Å²) in [5.41, 5.74) is -0.959. The Bertz CT molecular complexity index is 981. The topological polar surface area (TPSA) is 139 Å². The molecule has 10 heteroatoms. The number of benzene rings is 2. The lowest BCUT2D eigenvalue weighted by molar-refractivity contribution is -0.385. The Morgan fingerprint density at radius 3 is 2.38 bits per heavy atom. The van der Waals surface area contributed by atoms with Crippen LogP contribution in [0.25, 0.3) is 6.08 Å². The van der Waals surface area contributed by atoms with Gasteiger partial charge in [0, 0.05) is 17.8 Å². The maximum absolute atomic E-state index is 12.2. The summed E-state index contributed by atoms with van der Waals surface area (Å²) in [6, 6.07) is 10.8. The van der Waals surface area contributed by atoms with Crippen molar-refractivity contribution in [3.63, 3.8) is 0 Å². The van der Waals surface area contributed by atoms with Crippen LogP contribution in [-0.4, -0.2) is 15.8 Å². The average Bonchev–Trinajstić information content (AvgIpc) is 2.61. The number of anilines is 1. The van der Waals surface area contributed by atoms with Gasteiger partial charge in [-0.3, -0.25) is 25.0 Å². The van der Waals surface area contributed by atoms with E-state index in [1.165, 1.54) is 36.4 Å². The number of carbonyl (C=O) groups excluding carboxylic acids is 1. The number of rotatable bonds is 5. The van der Waals surface area contributed by atoms with E-state index in [2.05, 4.69) is 5.32 Å². The highest BCUT2D eigenvalue weighted by molar-refractivity contribution is 6.32. The minimum absolute atomic E-state index is 0.0508. The second kappa shape index (κ2) is 7.87. The number of hydrogen-bond acceptors (Lipinski definition) is 6. The zero-order valence-corrected chi connectivity index (χ0v) is 13.6. The van der Waals surface area contributed by atoms with Crippen LogP contribution in [0.1, 0.15) is 5.56 Å². The van der Waals surface area contributed by atoms with Gasteiger partial charge in [0.15, 0.2) is 0 Å². The van der Waals surface area contributed by atoms with Crippen molar-refractivity contribution < 1.29 is 14.6 Å². The molecular formula is C16H9ClN4O5. The van der Waals surface area contributed by atoms with Crippen molar-refractivity contribution in [3.8, 4) is 6.07 Å². The smallest absolute Gasteiger partial charge is 0.289 e. The van der Waals surface area contributed by atoms with Crippen LogP contribution in [0.2, 0.25) is 5.02 Å². The van der Waals surface area contributed by atoms with E-state index in [0.717, 1.165) is 12.1 Å². The zero-order chi connectivity index (χ0) is 19.3. The lowest BCUT2D eigenvalue weighted by atomic mass is 10.1. The van der Waals surface area contributed by atoms with Crippen LogP contribution < -0.4 is 5.32 Å². The van der Waals surface area contributed by atoms with Gasteiger partial charge in [-0.2, -0.15) is 5.26 Å². The summed E-state index contributed by atoms with van der Waals surface area (Å²) in [4.78, 5) is 32.7. The molecule has 1 amide bonds. The first-order chi connectivity index (χ1) is 12.3. The molecule has 0 aliphatic heterocycles. The van der Waals surface area contributed by atoms with Crippen molar-refractivity contribution in [2.45, 2.75) is 0 Å². The standard InChI is InChI=1S/C16H9ClN4O5/c17-13-6-5-12(8-15(13)21(25)26)19-16(22)11(9-18)7-10-3-1-2-4-14(10)20(23)24/h1-8H,(H,19,22).